The molecule has 1 rings (SSSR count). The van der Waals surface area contributed by atoms with Crippen LogP contribution in [-0.4, -0.2) is 0 Å². The van der Waals surface area contributed by atoms with Crippen molar-refractivity contribution < 1.29 is 0 Å². The number of hydrogen-bond acceptors (Lipinski definition) is 0. The molecule has 1 aliphatic carbocycles. The molecule has 0 radical (unpaired) electrons. The first kappa shape index (κ1) is 10.3. The first-order chi connectivity index (χ1) is 6.50. The van der Waals surface area contributed by atoms with Gasteiger partial charge in [0.1, 0.15) is 0 Å². The van der Waals surface area contributed by atoms with Crippen molar-refractivity contribution in [2.45, 2.75) is 44.9 Å². The summed E-state index contributed by atoms with van der Waals surface area (Å²) in [5.41, 5.74) is 0. The summed E-state index contributed by atoms with van der Waals surface area (Å²) >= 11 is 0. The van der Waals surface area contributed by atoms with E-state index in [1.807, 2.05) is 0 Å². The van der Waals surface area contributed by atoms with E-state index >= 15 is 0 Å². The van der Waals surface area contributed by atoms with Crippen LogP contribution >= 0.6 is 0 Å². The smallest absolute Gasteiger partial charge is 0.0313 e. The summed E-state index contributed by atoms with van der Waals surface area (Å²) in [4.78, 5) is 0. The van der Waals surface area contributed by atoms with Crippen molar-refractivity contribution in [3.05, 3.63) is 36.5 Å². The molecule has 0 atom stereocenters. The van der Waals surface area contributed by atoms with Crippen molar-refractivity contribution in [3.63, 3.8) is 0 Å². The van der Waals surface area contributed by atoms with Crippen LogP contribution in [-0.2, 0) is 0 Å². The molecule has 0 unspecified atom stereocenters. The fraction of sp³-hybridized carbons (Fsp3) is 0.538. The highest BCUT2D eigenvalue weighted by molar-refractivity contribution is 5.03. The van der Waals surface area contributed by atoms with E-state index in [2.05, 4.69) is 36.5 Å². The minimum atomic E-state index is 1.18. The standard InChI is InChI=1S/C13H20/c1-2-4-6-8-10-12-13-11-9-7-5-3-1/h1-4,9,11H,5-8,10,12-13H2/b3-1?,4-2+,11-9?. The van der Waals surface area contributed by atoms with E-state index in [9.17, 15) is 0 Å². The molecule has 0 aliphatic heterocycles. The molecule has 0 heterocycles. The van der Waals surface area contributed by atoms with E-state index in [4.69, 9.17) is 0 Å². The molecular weight excluding hydrogens is 156 g/mol. The summed E-state index contributed by atoms with van der Waals surface area (Å²) in [6, 6.07) is 0. The monoisotopic (exact) mass is 176 g/mol. The predicted molar refractivity (Wildman–Crippen MR) is 59.7 cm³/mol. The van der Waals surface area contributed by atoms with Crippen molar-refractivity contribution in [1.29, 1.82) is 0 Å². The number of rotatable bonds is 0. The maximum Gasteiger partial charge on any atom is -0.0313 e. The first-order valence-corrected chi connectivity index (χ1v) is 5.47. The highest BCUT2D eigenvalue weighted by Crippen LogP contribution is 2.06. The van der Waals surface area contributed by atoms with Gasteiger partial charge in [-0.3, -0.25) is 0 Å². The lowest BCUT2D eigenvalue weighted by molar-refractivity contribution is 0.695. The summed E-state index contributed by atoms with van der Waals surface area (Å²) in [6.07, 6.45) is 22.5. The maximum absolute atomic E-state index is 2.33. The third-order valence-corrected chi connectivity index (χ3v) is 2.29. The Morgan fingerprint density at radius 2 is 1.00 bits per heavy atom. The second-order valence-electron chi connectivity index (χ2n) is 3.54. The minimum Gasteiger partial charge on any atom is -0.0885 e. The van der Waals surface area contributed by atoms with Gasteiger partial charge in [-0.1, -0.05) is 42.9 Å². The quantitative estimate of drug-likeness (QED) is 0.480. The van der Waals surface area contributed by atoms with Gasteiger partial charge in [0.05, 0.1) is 0 Å². The lowest BCUT2D eigenvalue weighted by Gasteiger charge is -1.94. The van der Waals surface area contributed by atoms with Crippen LogP contribution in [0.4, 0.5) is 0 Å². The molecule has 0 bridgehead atoms. The Kier molecular flexibility index (Phi) is 6.22. The average Bonchev–Trinajstić information content (AvgIpc) is 2.18. The topological polar surface area (TPSA) is 0 Å². The van der Waals surface area contributed by atoms with Gasteiger partial charge in [0.2, 0.25) is 0 Å². The average molecular weight is 176 g/mol. The Bertz CT molecular complexity index is 184. The van der Waals surface area contributed by atoms with E-state index in [0.717, 1.165) is 0 Å². The van der Waals surface area contributed by atoms with Gasteiger partial charge in [-0.05, 0) is 38.5 Å². The van der Waals surface area contributed by atoms with E-state index in [-0.39, 0.29) is 0 Å². The maximum atomic E-state index is 2.33. The van der Waals surface area contributed by atoms with Crippen molar-refractivity contribution in [1.82, 2.24) is 0 Å². The van der Waals surface area contributed by atoms with E-state index in [0.29, 0.717) is 0 Å². The van der Waals surface area contributed by atoms with Gasteiger partial charge >= 0.3 is 0 Å². The molecule has 0 aromatic heterocycles. The van der Waals surface area contributed by atoms with E-state index < -0.39 is 0 Å². The van der Waals surface area contributed by atoms with Crippen LogP contribution in [0, 0.1) is 0 Å². The van der Waals surface area contributed by atoms with Gasteiger partial charge in [0.15, 0.2) is 0 Å². The lowest BCUT2D eigenvalue weighted by Crippen LogP contribution is -1.74. The summed E-state index contributed by atoms with van der Waals surface area (Å²) in [6.45, 7) is 0. The van der Waals surface area contributed by atoms with Gasteiger partial charge in [-0.25, -0.2) is 0 Å². The summed E-state index contributed by atoms with van der Waals surface area (Å²) in [5.74, 6) is 0. The van der Waals surface area contributed by atoms with E-state index in [1.165, 1.54) is 44.9 Å². The molecule has 0 N–H and O–H groups in total. The molecule has 0 aromatic carbocycles. The van der Waals surface area contributed by atoms with Gasteiger partial charge in [-0.2, -0.15) is 0 Å². The SMILES string of the molecule is C1=CCCC=CCCCCC/C=C/1. The molecule has 0 amide bonds. The Labute approximate surface area is 82.0 Å². The minimum absolute atomic E-state index is 1.18. The van der Waals surface area contributed by atoms with Crippen molar-refractivity contribution >= 4 is 0 Å². The molecule has 1 aliphatic rings. The third-order valence-electron chi connectivity index (χ3n) is 2.29. The molecule has 72 valence electrons. The molecule has 0 spiro atoms. The molecular formula is C13H20. The predicted octanol–water partition coefficient (Wildman–Crippen LogP) is 4.40. The van der Waals surface area contributed by atoms with Crippen LogP contribution in [0.2, 0.25) is 0 Å². The highest BCUT2D eigenvalue weighted by atomic mass is 13.9. The Morgan fingerprint density at radius 3 is 1.85 bits per heavy atom. The largest absolute Gasteiger partial charge is 0.0885 e. The van der Waals surface area contributed by atoms with Gasteiger partial charge < -0.3 is 0 Å². The van der Waals surface area contributed by atoms with Crippen molar-refractivity contribution in [3.8, 4) is 0 Å². The summed E-state index contributed by atoms with van der Waals surface area (Å²) in [7, 11) is 0. The van der Waals surface area contributed by atoms with Gasteiger partial charge in [-0.15, -0.1) is 0 Å². The Hall–Kier alpha value is -0.780. The zero-order valence-electron chi connectivity index (χ0n) is 8.41. The zero-order valence-corrected chi connectivity index (χ0v) is 8.41. The van der Waals surface area contributed by atoms with Crippen LogP contribution < -0.4 is 0 Å². The van der Waals surface area contributed by atoms with Crippen LogP contribution in [0.25, 0.3) is 0 Å². The van der Waals surface area contributed by atoms with Crippen LogP contribution in [0.3, 0.4) is 0 Å². The number of allylic oxidation sites excluding steroid dienone is 6. The molecule has 0 saturated heterocycles. The van der Waals surface area contributed by atoms with Crippen molar-refractivity contribution in [2.24, 2.45) is 0 Å². The third kappa shape index (κ3) is 6.39. The summed E-state index contributed by atoms with van der Waals surface area (Å²) < 4.78 is 0. The first-order valence-electron chi connectivity index (χ1n) is 5.47. The molecule has 0 fully saturated rings. The van der Waals surface area contributed by atoms with Crippen LogP contribution in [0.1, 0.15) is 44.9 Å². The molecule has 0 heteroatoms. The zero-order chi connectivity index (χ0) is 9.19. The van der Waals surface area contributed by atoms with Crippen LogP contribution in [0.15, 0.2) is 36.5 Å². The normalized spacial score (nSPS) is 22.8. The molecule has 0 saturated carbocycles. The second-order valence-corrected chi connectivity index (χ2v) is 3.54. The molecule has 0 nitrogen and oxygen atoms in total. The fourth-order valence-corrected chi connectivity index (χ4v) is 1.48. The fourth-order valence-electron chi connectivity index (χ4n) is 1.48. The number of hydrogen-bond donors (Lipinski definition) is 0. The summed E-state index contributed by atoms with van der Waals surface area (Å²) in [5, 5.41) is 0. The Morgan fingerprint density at radius 1 is 0.462 bits per heavy atom. The van der Waals surface area contributed by atoms with E-state index in [1.54, 1.807) is 0 Å². The molecule has 13 heavy (non-hydrogen) atoms. The highest BCUT2D eigenvalue weighted by Gasteiger charge is 1.86. The second kappa shape index (κ2) is 7.85. The lowest BCUT2D eigenvalue weighted by atomic mass is 10.1. The van der Waals surface area contributed by atoms with Crippen molar-refractivity contribution in [2.75, 3.05) is 0 Å². The van der Waals surface area contributed by atoms with Crippen LogP contribution in [0.5, 0.6) is 0 Å². The van der Waals surface area contributed by atoms with Gasteiger partial charge in [0.25, 0.3) is 0 Å². The Balaban J connectivity index is 2.28. The van der Waals surface area contributed by atoms with Gasteiger partial charge in [0, 0.05) is 0 Å². The molecule has 0 aromatic rings.